The van der Waals surface area contributed by atoms with Gasteiger partial charge in [0.25, 0.3) is 0 Å². The summed E-state index contributed by atoms with van der Waals surface area (Å²) in [5.41, 5.74) is 0.897. The minimum absolute atomic E-state index is 0.0438. The van der Waals surface area contributed by atoms with Crippen molar-refractivity contribution < 1.29 is 18.8 Å². The molecule has 6 heteroatoms. The second-order valence-electron chi connectivity index (χ2n) is 10.4. The number of carbonyl (C=O) groups is 1. The van der Waals surface area contributed by atoms with Crippen molar-refractivity contribution in [2.75, 3.05) is 0 Å². The monoisotopic (exact) mass is 410 g/mol. The smallest absolute Gasteiger partial charge is 0.331 e. The normalized spacial score (nSPS) is 14.7. The molecule has 0 radical (unpaired) electrons. The third-order valence-corrected chi connectivity index (χ3v) is 14.9. The van der Waals surface area contributed by atoms with Crippen LogP contribution >= 0.6 is 0 Å². The summed E-state index contributed by atoms with van der Waals surface area (Å²) < 4.78 is 12.7. The summed E-state index contributed by atoms with van der Waals surface area (Å²) in [5, 5.41) is 9.81. The standard InChI is InChI=1S/C21H38O4Si2/c1-20(2,3)26(7,8)24-17-14-12-11-13-16(17)15-18(19(22)23)25-27(9,10)21(4,5)6/h11-14,18H,15H2,1-10H3,(H,22,23). The largest absolute Gasteiger partial charge is 0.543 e. The highest BCUT2D eigenvalue weighted by atomic mass is 28.4. The number of para-hydroxylation sites is 1. The fourth-order valence-electron chi connectivity index (χ4n) is 2.11. The maximum Gasteiger partial charge on any atom is 0.331 e. The van der Waals surface area contributed by atoms with Gasteiger partial charge in [0.1, 0.15) is 11.9 Å². The Morgan fingerprint density at radius 2 is 1.44 bits per heavy atom. The van der Waals surface area contributed by atoms with Crippen LogP contribution in [0, 0.1) is 0 Å². The number of hydrogen-bond acceptors (Lipinski definition) is 3. The SMILES string of the molecule is CC(C)(C)[Si](C)(C)Oc1ccccc1CC(O[Si](C)(C)C(C)(C)C)C(=O)O. The first kappa shape index (κ1) is 23.9. The molecule has 0 saturated heterocycles. The molecule has 0 fully saturated rings. The first-order valence-electron chi connectivity index (χ1n) is 9.65. The Kier molecular flexibility index (Phi) is 7.17. The van der Waals surface area contributed by atoms with Gasteiger partial charge in [0.15, 0.2) is 8.32 Å². The summed E-state index contributed by atoms with van der Waals surface area (Å²) in [6, 6.07) is 7.77. The zero-order valence-electron chi connectivity index (χ0n) is 18.8. The fourth-order valence-corrected chi connectivity index (χ4v) is 4.42. The van der Waals surface area contributed by atoms with Crippen molar-refractivity contribution in [3.63, 3.8) is 0 Å². The molecule has 1 atom stereocenters. The highest BCUT2D eigenvalue weighted by Crippen LogP contribution is 2.40. The molecule has 0 aliphatic carbocycles. The fraction of sp³-hybridized carbons (Fsp3) is 0.667. The maximum atomic E-state index is 11.9. The number of rotatable bonds is 7. The van der Waals surface area contributed by atoms with E-state index in [1.165, 1.54) is 0 Å². The Morgan fingerprint density at radius 3 is 1.89 bits per heavy atom. The van der Waals surface area contributed by atoms with Gasteiger partial charge in [0.05, 0.1) is 0 Å². The molecule has 1 N–H and O–H groups in total. The summed E-state index contributed by atoms with van der Waals surface area (Å²) in [6.45, 7) is 21.5. The van der Waals surface area contributed by atoms with E-state index in [2.05, 4.69) is 67.7 Å². The van der Waals surface area contributed by atoms with Gasteiger partial charge in [-0.25, -0.2) is 4.79 Å². The van der Waals surface area contributed by atoms with E-state index in [-0.39, 0.29) is 10.1 Å². The second kappa shape index (κ2) is 8.09. The lowest BCUT2D eigenvalue weighted by molar-refractivity contribution is -0.145. The van der Waals surface area contributed by atoms with Crippen LogP contribution in [0.5, 0.6) is 5.75 Å². The molecule has 27 heavy (non-hydrogen) atoms. The number of hydrogen-bond donors (Lipinski definition) is 1. The lowest BCUT2D eigenvalue weighted by Gasteiger charge is -2.39. The Labute approximate surface area is 167 Å². The van der Waals surface area contributed by atoms with E-state index in [9.17, 15) is 9.90 Å². The molecule has 0 spiro atoms. The first-order valence-corrected chi connectivity index (χ1v) is 15.5. The molecule has 0 heterocycles. The topological polar surface area (TPSA) is 55.8 Å². The molecule has 0 amide bonds. The zero-order valence-corrected chi connectivity index (χ0v) is 20.8. The summed E-state index contributed by atoms with van der Waals surface area (Å²) in [4.78, 5) is 11.9. The molecule has 4 nitrogen and oxygen atoms in total. The number of carboxylic acid groups (broad SMARTS) is 1. The summed E-state index contributed by atoms with van der Waals surface area (Å²) in [7, 11) is -4.20. The molecule has 1 aromatic rings. The lowest BCUT2D eigenvalue weighted by atomic mass is 10.1. The van der Waals surface area contributed by atoms with Gasteiger partial charge in [-0.15, -0.1) is 0 Å². The van der Waals surface area contributed by atoms with Crippen LogP contribution in [0.15, 0.2) is 24.3 Å². The second-order valence-corrected chi connectivity index (χ2v) is 19.9. The van der Waals surface area contributed by atoms with Gasteiger partial charge in [-0.3, -0.25) is 0 Å². The van der Waals surface area contributed by atoms with Crippen LogP contribution in [0.4, 0.5) is 0 Å². The van der Waals surface area contributed by atoms with Crippen LogP contribution in [0.2, 0.25) is 36.3 Å². The molecule has 1 rings (SSSR count). The number of carboxylic acids is 1. The van der Waals surface area contributed by atoms with Crippen molar-refractivity contribution in [2.24, 2.45) is 0 Å². The van der Waals surface area contributed by atoms with Crippen LogP contribution in [-0.4, -0.2) is 33.8 Å². The minimum Gasteiger partial charge on any atom is -0.543 e. The predicted molar refractivity (Wildman–Crippen MR) is 118 cm³/mol. The molecule has 0 saturated carbocycles. The van der Waals surface area contributed by atoms with Crippen molar-refractivity contribution in [1.29, 1.82) is 0 Å². The highest BCUT2D eigenvalue weighted by Gasteiger charge is 2.42. The molecule has 1 aromatic carbocycles. The molecule has 0 bridgehead atoms. The lowest BCUT2D eigenvalue weighted by Crippen LogP contribution is -2.47. The average Bonchev–Trinajstić information content (AvgIpc) is 2.45. The van der Waals surface area contributed by atoms with E-state index in [0.717, 1.165) is 11.3 Å². The summed E-state index contributed by atoms with van der Waals surface area (Å²) in [6.07, 6.45) is -0.554. The summed E-state index contributed by atoms with van der Waals surface area (Å²) >= 11 is 0. The van der Waals surface area contributed by atoms with Gasteiger partial charge >= 0.3 is 5.97 Å². The Balaban J connectivity index is 3.14. The number of benzene rings is 1. The first-order chi connectivity index (χ1) is 12.0. The highest BCUT2D eigenvalue weighted by molar-refractivity contribution is 6.75. The van der Waals surface area contributed by atoms with Crippen LogP contribution in [-0.2, 0) is 15.6 Å². The third kappa shape index (κ3) is 6.19. The van der Waals surface area contributed by atoms with E-state index in [0.29, 0.717) is 6.42 Å². The predicted octanol–water partition coefficient (Wildman–Crippen LogP) is 6.09. The van der Waals surface area contributed by atoms with E-state index < -0.39 is 28.7 Å². The van der Waals surface area contributed by atoms with E-state index in [4.69, 9.17) is 8.85 Å². The minimum atomic E-state index is -2.19. The van der Waals surface area contributed by atoms with Crippen LogP contribution in [0.1, 0.15) is 47.1 Å². The average molecular weight is 411 g/mol. The third-order valence-electron chi connectivity index (χ3n) is 6.07. The Hall–Kier alpha value is -1.12. The van der Waals surface area contributed by atoms with Crippen molar-refractivity contribution >= 4 is 22.6 Å². The van der Waals surface area contributed by atoms with E-state index in [1.807, 2.05) is 24.3 Å². The van der Waals surface area contributed by atoms with Gasteiger partial charge in [0.2, 0.25) is 8.32 Å². The van der Waals surface area contributed by atoms with Crippen LogP contribution < -0.4 is 4.43 Å². The molecule has 0 aliphatic heterocycles. The zero-order chi connectivity index (χ0) is 21.3. The van der Waals surface area contributed by atoms with E-state index >= 15 is 0 Å². The van der Waals surface area contributed by atoms with Crippen molar-refractivity contribution in [3.8, 4) is 5.75 Å². The quantitative estimate of drug-likeness (QED) is 0.553. The Bertz CT molecular complexity index is 655. The molecular formula is C21H38O4Si2. The van der Waals surface area contributed by atoms with Crippen molar-refractivity contribution in [2.45, 2.75) is 90.3 Å². The molecule has 154 valence electrons. The molecule has 1 unspecified atom stereocenters. The van der Waals surface area contributed by atoms with Gasteiger partial charge < -0.3 is 14.0 Å². The van der Waals surface area contributed by atoms with Crippen LogP contribution in [0.3, 0.4) is 0 Å². The van der Waals surface area contributed by atoms with Gasteiger partial charge in [-0.1, -0.05) is 59.7 Å². The summed E-state index contributed by atoms with van der Waals surface area (Å²) in [5.74, 6) is -0.129. The number of aliphatic carboxylic acids is 1. The van der Waals surface area contributed by atoms with E-state index in [1.54, 1.807) is 0 Å². The van der Waals surface area contributed by atoms with Crippen LogP contribution in [0.25, 0.3) is 0 Å². The maximum absolute atomic E-state index is 11.9. The molecule has 0 aromatic heterocycles. The van der Waals surface area contributed by atoms with Crippen molar-refractivity contribution in [3.05, 3.63) is 29.8 Å². The Morgan fingerprint density at radius 1 is 0.963 bits per heavy atom. The van der Waals surface area contributed by atoms with Gasteiger partial charge in [-0.2, -0.15) is 0 Å². The molecule has 0 aliphatic rings. The van der Waals surface area contributed by atoms with Gasteiger partial charge in [-0.05, 0) is 47.9 Å². The molecular weight excluding hydrogens is 372 g/mol. The van der Waals surface area contributed by atoms with Crippen molar-refractivity contribution in [1.82, 2.24) is 0 Å². The van der Waals surface area contributed by atoms with Gasteiger partial charge in [0, 0.05) is 6.42 Å².